The molecule has 182 valence electrons. The van der Waals surface area contributed by atoms with E-state index in [1.54, 1.807) is 50.4 Å². The average molecular weight is 496 g/mol. The number of ketones is 1. The molecular formula is C27H26ClNO6. The van der Waals surface area contributed by atoms with E-state index in [9.17, 15) is 14.4 Å². The molecule has 2 aromatic rings. The van der Waals surface area contributed by atoms with Gasteiger partial charge >= 0.3 is 11.9 Å². The molecule has 1 N–H and O–H groups in total. The van der Waals surface area contributed by atoms with Crippen molar-refractivity contribution in [3.63, 3.8) is 0 Å². The van der Waals surface area contributed by atoms with E-state index in [0.717, 1.165) is 5.56 Å². The van der Waals surface area contributed by atoms with Gasteiger partial charge in [0.15, 0.2) is 5.78 Å². The van der Waals surface area contributed by atoms with Crippen molar-refractivity contribution in [1.82, 2.24) is 5.32 Å². The number of nitrogens with one attached hydrogen (secondary N) is 1. The number of benzene rings is 2. The highest BCUT2D eigenvalue weighted by atomic mass is 35.5. The Balaban J connectivity index is 1.90. The largest absolute Gasteiger partial charge is 0.497 e. The van der Waals surface area contributed by atoms with E-state index in [0.29, 0.717) is 39.7 Å². The fraction of sp³-hybridized carbons (Fsp3) is 0.296. The molecule has 0 saturated carbocycles. The van der Waals surface area contributed by atoms with Crippen LogP contribution in [0.25, 0.3) is 0 Å². The Kier molecular flexibility index (Phi) is 6.98. The highest BCUT2D eigenvalue weighted by molar-refractivity contribution is 6.31. The van der Waals surface area contributed by atoms with E-state index in [1.807, 2.05) is 12.1 Å². The number of esters is 2. The average Bonchev–Trinajstić information content (AvgIpc) is 2.87. The predicted octanol–water partition coefficient (Wildman–Crippen LogP) is 4.28. The van der Waals surface area contributed by atoms with Crippen molar-refractivity contribution in [3.05, 3.63) is 87.2 Å². The van der Waals surface area contributed by atoms with Crippen LogP contribution in [0.5, 0.6) is 5.75 Å². The van der Waals surface area contributed by atoms with E-state index < -0.39 is 35.5 Å². The van der Waals surface area contributed by atoms with Crippen molar-refractivity contribution in [2.75, 3.05) is 21.3 Å². The highest BCUT2D eigenvalue weighted by Crippen LogP contribution is 2.49. The number of halogens is 1. The first-order valence-electron chi connectivity index (χ1n) is 11.1. The minimum atomic E-state index is -1.09. The third kappa shape index (κ3) is 4.32. The van der Waals surface area contributed by atoms with Gasteiger partial charge in [-0.15, -0.1) is 0 Å². The lowest BCUT2D eigenvalue weighted by atomic mass is 9.67. The summed E-state index contributed by atoms with van der Waals surface area (Å²) in [7, 11) is 4.12. The summed E-state index contributed by atoms with van der Waals surface area (Å²) in [6.07, 6.45) is 0.361. The van der Waals surface area contributed by atoms with Gasteiger partial charge in [0.1, 0.15) is 11.7 Å². The van der Waals surface area contributed by atoms with Gasteiger partial charge in [-0.2, -0.15) is 0 Å². The molecule has 0 bridgehead atoms. The number of hydrogen-bond donors (Lipinski definition) is 1. The lowest BCUT2D eigenvalue weighted by Crippen LogP contribution is -2.43. The van der Waals surface area contributed by atoms with Crippen LogP contribution in [-0.2, 0) is 23.9 Å². The molecule has 1 aliphatic carbocycles. The zero-order valence-corrected chi connectivity index (χ0v) is 20.6. The molecule has 4 rings (SSSR count). The molecule has 2 aliphatic rings. The van der Waals surface area contributed by atoms with Crippen LogP contribution in [0.4, 0.5) is 0 Å². The number of dihydropyridines is 1. The maximum atomic E-state index is 14.1. The van der Waals surface area contributed by atoms with E-state index in [1.165, 1.54) is 14.2 Å². The molecule has 35 heavy (non-hydrogen) atoms. The van der Waals surface area contributed by atoms with Crippen LogP contribution in [0.15, 0.2) is 71.1 Å². The van der Waals surface area contributed by atoms with Crippen LogP contribution in [0.1, 0.15) is 36.3 Å². The first-order valence-corrected chi connectivity index (χ1v) is 11.5. The Hall–Kier alpha value is -3.58. The first-order chi connectivity index (χ1) is 16.8. The van der Waals surface area contributed by atoms with Crippen LogP contribution >= 0.6 is 11.6 Å². The number of Topliss-reactive ketones (excluding diaryl/α,β-unsaturated/α-hetero) is 1. The number of carbonyl (C=O) groups is 3. The van der Waals surface area contributed by atoms with Gasteiger partial charge in [0.25, 0.3) is 0 Å². The van der Waals surface area contributed by atoms with Crippen LogP contribution in [0, 0.1) is 5.92 Å². The first kappa shape index (κ1) is 24.5. The second-order valence-corrected chi connectivity index (χ2v) is 8.86. The fourth-order valence-corrected chi connectivity index (χ4v) is 5.24. The molecule has 2 aromatic carbocycles. The molecule has 7 nitrogen and oxygen atoms in total. The molecule has 0 amide bonds. The fourth-order valence-electron chi connectivity index (χ4n) is 5.00. The zero-order valence-electron chi connectivity index (χ0n) is 19.9. The molecule has 0 saturated heterocycles. The van der Waals surface area contributed by atoms with Gasteiger partial charge in [-0.05, 0) is 42.7 Å². The summed E-state index contributed by atoms with van der Waals surface area (Å²) in [5.41, 5.74) is 3.20. The summed E-state index contributed by atoms with van der Waals surface area (Å²) in [5.74, 6) is -3.30. The number of methoxy groups -OCH3 is 3. The summed E-state index contributed by atoms with van der Waals surface area (Å²) in [5, 5.41) is 3.65. The molecule has 1 aliphatic heterocycles. The van der Waals surface area contributed by atoms with E-state index in [-0.39, 0.29) is 5.57 Å². The number of rotatable bonds is 5. The summed E-state index contributed by atoms with van der Waals surface area (Å²) in [6.45, 7) is 1.76. The molecule has 0 radical (unpaired) electrons. The topological polar surface area (TPSA) is 90.9 Å². The predicted molar refractivity (Wildman–Crippen MR) is 130 cm³/mol. The van der Waals surface area contributed by atoms with Gasteiger partial charge in [-0.25, -0.2) is 4.79 Å². The van der Waals surface area contributed by atoms with Crippen molar-refractivity contribution in [1.29, 1.82) is 0 Å². The SMILES string of the molecule is COC(=O)C1=C(C)NC2=C(C(=O)[C@@H](C(=O)OC)[C@H](c3ccc(OC)cc3)C2)[C@H]1c1ccccc1Cl. The van der Waals surface area contributed by atoms with E-state index in [2.05, 4.69) is 5.32 Å². The summed E-state index contributed by atoms with van der Waals surface area (Å²) < 4.78 is 15.4. The van der Waals surface area contributed by atoms with Crippen molar-refractivity contribution in [3.8, 4) is 5.75 Å². The summed E-state index contributed by atoms with van der Waals surface area (Å²) >= 11 is 6.54. The maximum absolute atomic E-state index is 14.1. The Morgan fingerprint density at radius 3 is 2.29 bits per heavy atom. The van der Waals surface area contributed by atoms with Crippen LogP contribution < -0.4 is 10.1 Å². The zero-order chi connectivity index (χ0) is 25.3. The second-order valence-electron chi connectivity index (χ2n) is 8.45. The smallest absolute Gasteiger partial charge is 0.336 e. The van der Waals surface area contributed by atoms with E-state index >= 15 is 0 Å². The number of ether oxygens (including phenoxy) is 3. The number of hydrogen-bond acceptors (Lipinski definition) is 7. The van der Waals surface area contributed by atoms with Gasteiger partial charge < -0.3 is 19.5 Å². The molecule has 0 fully saturated rings. The van der Waals surface area contributed by atoms with Crippen molar-refractivity contribution in [2.24, 2.45) is 5.92 Å². The van der Waals surface area contributed by atoms with Gasteiger partial charge in [0.05, 0.1) is 26.9 Å². The van der Waals surface area contributed by atoms with Crippen LogP contribution in [0.3, 0.4) is 0 Å². The minimum Gasteiger partial charge on any atom is -0.497 e. The van der Waals surface area contributed by atoms with Gasteiger partial charge in [0.2, 0.25) is 0 Å². The van der Waals surface area contributed by atoms with E-state index in [4.69, 9.17) is 25.8 Å². The molecule has 1 heterocycles. The minimum absolute atomic E-state index is 0.277. The molecular weight excluding hydrogens is 470 g/mol. The van der Waals surface area contributed by atoms with Gasteiger partial charge in [-0.3, -0.25) is 9.59 Å². The lowest BCUT2D eigenvalue weighted by Gasteiger charge is -2.39. The monoisotopic (exact) mass is 495 g/mol. The summed E-state index contributed by atoms with van der Waals surface area (Å²) in [4.78, 5) is 39.9. The van der Waals surface area contributed by atoms with Crippen LogP contribution in [0.2, 0.25) is 5.02 Å². The summed E-state index contributed by atoms with van der Waals surface area (Å²) in [6, 6.07) is 14.3. The van der Waals surface area contributed by atoms with Crippen molar-refractivity contribution in [2.45, 2.75) is 25.2 Å². The molecule has 0 aromatic heterocycles. The van der Waals surface area contributed by atoms with Crippen molar-refractivity contribution >= 4 is 29.3 Å². The van der Waals surface area contributed by atoms with Gasteiger partial charge in [0, 0.05) is 33.8 Å². The lowest BCUT2D eigenvalue weighted by molar-refractivity contribution is -0.150. The maximum Gasteiger partial charge on any atom is 0.336 e. The Morgan fingerprint density at radius 1 is 1.00 bits per heavy atom. The molecule has 8 heteroatoms. The third-order valence-electron chi connectivity index (χ3n) is 6.64. The van der Waals surface area contributed by atoms with Crippen LogP contribution in [-0.4, -0.2) is 39.1 Å². The molecule has 0 spiro atoms. The highest BCUT2D eigenvalue weighted by Gasteiger charge is 2.49. The Morgan fingerprint density at radius 2 is 1.69 bits per heavy atom. The third-order valence-corrected chi connectivity index (χ3v) is 6.98. The standard InChI is InChI=1S/C27H26ClNO6/c1-14-21(26(31)34-3)22(17-7-5-6-8-19(17)28)24-20(29-14)13-18(23(25(24)30)27(32)35-4)15-9-11-16(33-2)12-10-15/h5-12,18,22-23,29H,13H2,1-4H3/t18-,22-,23-/m0/s1. The van der Waals surface area contributed by atoms with Gasteiger partial charge in [-0.1, -0.05) is 41.9 Å². The Labute approximate surface area is 208 Å². The number of allylic oxidation sites excluding steroid dienone is 3. The quantitative estimate of drug-likeness (QED) is 0.489. The number of carbonyl (C=O) groups excluding carboxylic acids is 3. The normalized spacial score (nSPS) is 21.7. The Bertz CT molecular complexity index is 1250. The second kappa shape index (κ2) is 9.96. The molecule has 3 atom stereocenters. The molecule has 0 unspecified atom stereocenters. The van der Waals surface area contributed by atoms with Crippen molar-refractivity contribution < 1.29 is 28.6 Å².